The lowest BCUT2D eigenvalue weighted by atomic mass is 10.1. The van der Waals surface area contributed by atoms with Gasteiger partial charge in [0.25, 0.3) is 0 Å². The minimum atomic E-state index is -0.169. The van der Waals surface area contributed by atoms with Crippen molar-refractivity contribution < 1.29 is 4.74 Å². The van der Waals surface area contributed by atoms with Crippen molar-refractivity contribution in [2.24, 2.45) is 5.73 Å². The third-order valence-corrected chi connectivity index (χ3v) is 3.47. The quantitative estimate of drug-likeness (QED) is 0.907. The minimum Gasteiger partial charge on any atom is -0.488 e. The van der Waals surface area contributed by atoms with E-state index in [-0.39, 0.29) is 11.6 Å². The maximum atomic E-state index is 6.21. The molecule has 2 rings (SSSR count). The van der Waals surface area contributed by atoms with Gasteiger partial charge in [0.2, 0.25) is 0 Å². The Labute approximate surface area is 112 Å². The third kappa shape index (κ3) is 3.34. The van der Waals surface area contributed by atoms with Gasteiger partial charge in [-0.15, -0.1) is 11.3 Å². The van der Waals surface area contributed by atoms with Gasteiger partial charge < -0.3 is 10.5 Å². The standard InChI is InChI=1S/C15H19NOS/c1-15(2,3)17-12-8-6-11(7-9-12)14(16)13-5-4-10-18-13/h4-10,14H,16H2,1-3H3/t14-/m0/s1. The van der Waals surface area contributed by atoms with Crippen LogP contribution in [0.4, 0.5) is 0 Å². The van der Waals surface area contributed by atoms with E-state index in [0.717, 1.165) is 11.3 Å². The molecule has 1 aromatic carbocycles. The average molecular weight is 261 g/mol. The van der Waals surface area contributed by atoms with Gasteiger partial charge in [0.05, 0.1) is 6.04 Å². The fourth-order valence-corrected chi connectivity index (χ4v) is 2.48. The average Bonchev–Trinajstić information content (AvgIpc) is 2.80. The molecule has 1 heterocycles. The predicted molar refractivity (Wildman–Crippen MR) is 77.2 cm³/mol. The monoisotopic (exact) mass is 261 g/mol. The zero-order valence-electron chi connectivity index (χ0n) is 11.0. The van der Waals surface area contributed by atoms with Gasteiger partial charge in [-0.1, -0.05) is 18.2 Å². The third-order valence-electron chi connectivity index (χ3n) is 2.51. The molecule has 2 N–H and O–H groups in total. The zero-order valence-corrected chi connectivity index (χ0v) is 11.8. The highest BCUT2D eigenvalue weighted by Gasteiger charge is 2.13. The van der Waals surface area contributed by atoms with Gasteiger partial charge in [0.15, 0.2) is 0 Å². The lowest BCUT2D eigenvalue weighted by Crippen LogP contribution is -2.22. The molecule has 1 aromatic heterocycles. The Morgan fingerprint density at radius 2 is 1.78 bits per heavy atom. The first-order valence-electron chi connectivity index (χ1n) is 6.04. The van der Waals surface area contributed by atoms with Gasteiger partial charge >= 0.3 is 0 Å². The first kappa shape index (κ1) is 13.1. The van der Waals surface area contributed by atoms with Crippen LogP contribution in [-0.2, 0) is 0 Å². The Morgan fingerprint density at radius 3 is 2.28 bits per heavy atom. The molecule has 0 fully saturated rings. The van der Waals surface area contributed by atoms with Crippen LogP contribution >= 0.6 is 11.3 Å². The second-order valence-electron chi connectivity index (χ2n) is 5.28. The smallest absolute Gasteiger partial charge is 0.120 e. The van der Waals surface area contributed by atoms with Crippen molar-refractivity contribution in [2.75, 3.05) is 0 Å². The SMILES string of the molecule is CC(C)(C)Oc1ccc([C@H](N)c2cccs2)cc1. The van der Waals surface area contributed by atoms with E-state index < -0.39 is 0 Å². The lowest BCUT2D eigenvalue weighted by molar-refractivity contribution is 0.131. The Bertz CT molecular complexity index is 482. The Hall–Kier alpha value is -1.32. The van der Waals surface area contributed by atoms with Crippen molar-refractivity contribution in [1.29, 1.82) is 0 Å². The second-order valence-corrected chi connectivity index (χ2v) is 6.26. The Kier molecular flexibility index (Phi) is 3.73. The molecule has 96 valence electrons. The van der Waals surface area contributed by atoms with Gasteiger partial charge in [-0.05, 0) is 49.9 Å². The number of nitrogens with two attached hydrogens (primary N) is 1. The van der Waals surface area contributed by atoms with E-state index in [4.69, 9.17) is 10.5 Å². The first-order valence-corrected chi connectivity index (χ1v) is 6.92. The highest BCUT2D eigenvalue weighted by molar-refractivity contribution is 7.10. The van der Waals surface area contributed by atoms with Crippen molar-refractivity contribution in [1.82, 2.24) is 0 Å². The van der Waals surface area contributed by atoms with Crippen molar-refractivity contribution >= 4 is 11.3 Å². The summed E-state index contributed by atoms with van der Waals surface area (Å²) in [7, 11) is 0. The lowest BCUT2D eigenvalue weighted by Gasteiger charge is -2.21. The summed E-state index contributed by atoms with van der Waals surface area (Å²) in [6.45, 7) is 6.12. The molecule has 2 aromatic rings. The topological polar surface area (TPSA) is 35.2 Å². The van der Waals surface area contributed by atoms with Crippen molar-refractivity contribution in [2.45, 2.75) is 32.4 Å². The number of rotatable bonds is 3. The van der Waals surface area contributed by atoms with Crippen LogP contribution in [0.15, 0.2) is 41.8 Å². The molecule has 0 aliphatic rings. The number of hydrogen-bond acceptors (Lipinski definition) is 3. The molecular weight excluding hydrogens is 242 g/mol. The van der Waals surface area contributed by atoms with Crippen LogP contribution in [-0.4, -0.2) is 5.60 Å². The van der Waals surface area contributed by atoms with Crippen LogP contribution in [0.2, 0.25) is 0 Å². The number of benzene rings is 1. The van der Waals surface area contributed by atoms with Crippen molar-refractivity contribution in [3.63, 3.8) is 0 Å². The summed E-state index contributed by atoms with van der Waals surface area (Å²) in [5.41, 5.74) is 7.15. The Morgan fingerprint density at radius 1 is 1.11 bits per heavy atom. The summed E-state index contributed by atoms with van der Waals surface area (Å²) in [4.78, 5) is 1.18. The molecule has 0 aliphatic carbocycles. The largest absolute Gasteiger partial charge is 0.488 e. The summed E-state index contributed by atoms with van der Waals surface area (Å²) in [5, 5.41) is 2.05. The van der Waals surface area contributed by atoms with Crippen LogP contribution in [0.1, 0.15) is 37.3 Å². The van der Waals surface area contributed by atoms with Gasteiger partial charge in [0.1, 0.15) is 11.4 Å². The highest BCUT2D eigenvalue weighted by Crippen LogP contribution is 2.26. The molecule has 0 radical (unpaired) electrons. The number of ether oxygens (including phenoxy) is 1. The molecule has 0 bridgehead atoms. The van der Waals surface area contributed by atoms with E-state index in [1.807, 2.05) is 56.5 Å². The van der Waals surface area contributed by atoms with Gasteiger partial charge in [-0.2, -0.15) is 0 Å². The second kappa shape index (κ2) is 5.12. The summed E-state index contributed by atoms with van der Waals surface area (Å²) < 4.78 is 5.79. The Balaban J connectivity index is 2.13. The summed E-state index contributed by atoms with van der Waals surface area (Å²) >= 11 is 1.68. The van der Waals surface area contributed by atoms with Crippen LogP contribution in [0, 0.1) is 0 Å². The number of thiophene rings is 1. The van der Waals surface area contributed by atoms with Crippen LogP contribution < -0.4 is 10.5 Å². The fraction of sp³-hybridized carbons (Fsp3) is 0.333. The molecule has 0 aliphatic heterocycles. The molecule has 3 heteroatoms. The number of hydrogen-bond donors (Lipinski definition) is 1. The van der Waals surface area contributed by atoms with Crippen LogP contribution in [0.3, 0.4) is 0 Å². The van der Waals surface area contributed by atoms with Crippen molar-refractivity contribution in [3.8, 4) is 5.75 Å². The van der Waals surface area contributed by atoms with E-state index in [1.165, 1.54) is 4.88 Å². The van der Waals surface area contributed by atoms with E-state index in [1.54, 1.807) is 11.3 Å². The van der Waals surface area contributed by atoms with E-state index >= 15 is 0 Å². The normalized spacial score (nSPS) is 13.3. The van der Waals surface area contributed by atoms with Crippen LogP contribution in [0.5, 0.6) is 5.75 Å². The van der Waals surface area contributed by atoms with E-state index in [9.17, 15) is 0 Å². The molecule has 18 heavy (non-hydrogen) atoms. The van der Waals surface area contributed by atoms with Gasteiger partial charge in [-0.3, -0.25) is 0 Å². The summed E-state index contributed by atoms with van der Waals surface area (Å²) in [6.07, 6.45) is 0. The van der Waals surface area contributed by atoms with Gasteiger partial charge in [-0.25, -0.2) is 0 Å². The van der Waals surface area contributed by atoms with Crippen LogP contribution in [0.25, 0.3) is 0 Å². The highest BCUT2D eigenvalue weighted by atomic mass is 32.1. The molecule has 0 saturated carbocycles. The van der Waals surface area contributed by atoms with E-state index in [0.29, 0.717) is 0 Å². The molecule has 0 amide bonds. The predicted octanol–water partition coefficient (Wildman–Crippen LogP) is 3.97. The maximum Gasteiger partial charge on any atom is 0.120 e. The fourth-order valence-electron chi connectivity index (χ4n) is 1.73. The summed E-state index contributed by atoms with van der Waals surface area (Å²) in [5.74, 6) is 0.879. The summed E-state index contributed by atoms with van der Waals surface area (Å²) in [6, 6.07) is 12.1. The molecular formula is C15H19NOS. The van der Waals surface area contributed by atoms with Crippen molar-refractivity contribution in [3.05, 3.63) is 52.2 Å². The zero-order chi connectivity index (χ0) is 13.2. The minimum absolute atomic E-state index is 0.0475. The molecule has 0 saturated heterocycles. The molecule has 0 unspecified atom stereocenters. The van der Waals surface area contributed by atoms with E-state index in [2.05, 4.69) is 6.07 Å². The molecule has 2 nitrogen and oxygen atoms in total. The maximum absolute atomic E-state index is 6.21. The van der Waals surface area contributed by atoms with Gasteiger partial charge in [0, 0.05) is 4.88 Å². The molecule has 1 atom stereocenters. The molecule has 0 spiro atoms. The first-order chi connectivity index (χ1) is 8.46.